The van der Waals surface area contributed by atoms with Crippen molar-refractivity contribution in [3.8, 4) is 0 Å². The molecule has 0 aromatic rings. The molecule has 0 aromatic heterocycles. The lowest BCUT2D eigenvalue weighted by molar-refractivity contribution is -0.408. The van der Waals surface area contributed by atoms with Crippen LogP contribution in [0.15, 0.2) is 24.3 Å². The number of hydrogen-bond donors (Lipinski definition) is 24. The Balaban J connectivity index is 1.30. The van der Waals surface area contributed by atoms with Gasteiger partial charge in [0, 0.05) is 45.4 Å². The van der Waals surface area contributed by atoms with Crippen LogP contribution in [0.5, 0.6) is 0 Å². The molecule has 0 aromatic carbocycles. The van der Waals surface area contributed by atoms with E-state index in [4.69, 9.17) is 56.8 Å². The number of aliphatic carboxylic acids is 2. The van der Waals surface area contributed by atoms with Crippen molar-refractivity contribution in [3.63, 3.8) is 0 Å². The number of ether oxygens (including phenoxy) is 12. The third-order valence-corrected chi connectivity index (χ3v) is 24.0. The van der Waals surface area contributed by atoms with Crippen molar-refractivity contribution in [2.24, 2.45) is 5.92 Å². The first-order valence-electron chi connectivity index (χ1n) is 45.1. The van der Waals surface area contributed by atoms with Crippen LogP contribution < -0.4 is 16.0 Å². The minimum Gasteiger partial charge on any atom is -0.477 e. The molecular weight excluding hydrogens is 1690 g/mol. The summed E-state index contributed by atoms with van der Waals surface area (Å²) >= 11 is 0. The lowest BCUT2D eigenvalue weighted by Gasteiger charge is -2.53. The summed E-state index contributed by atoms with van der Waals surface area (Å²) in [5.74, 6) is -16.1. The Hall–Kier alpha value is -4.74. The maximum Gasteiger partial charge on any atom is 0.364 e. The van der Waals surface area contributed by atoms with E-state index in [9.17, 15) is 136 Å². The molecule has 24 N–H and O–H groups in total. The van der Waals surface area contributed by atoms with Gasteiger partial charge in [-0.15, -0.1) is 0 Å². The topological polar surface area (TPSA) is 674 Å². The first kappa shape index (κ1) is 111. The van der Waals surface area contributed by atoms with Crippen molar-refractivity contribution in [1.82, 2.24) is 16.0 Å². The van der Waals surface area contributed by atoms with Crippen molar-refractivity contribution in [3.05, 3.63) is 24.3 Å². The van der Waals surface area contributed by atoms with Gasteiger partial charge in [0.05, 0.1) is 88.8 Å². The van der Waals surface area contributed by atoms with E-state index in [1.54, 1.807) is 6.08 Å². The van der Waals surface area contributed by atoms with Gasteiger partial charge in [-0.2, -0.15) is 0 Å². The summed E-state index contributed by atoms with van der Waals surface area (Å²) < 4.78 is 72.7. The summed E-state index contributed by atoms with van der Waals surface area (Å²) in [5, 5.41) is 245. The molecule has 3 amide bonds. The fourth-order valence-corrected chi connectivity index (χ4v) is 16.9. The zero-order chi connectivity index (χ0) is 93.8. The van der Waals surface area contributed by atoms with Crippen molar-refractivity contribution in [1.29, 1.82) is 0 Å². The predicted molar refractivity (Wildman–Crippen MR) is 441 cm³/mol. The number of Topliss-reactive ketones (excluding diaryl/α,β-unsaturated/α-hetero) is 1. The number of aliphatic hydroxyl groups excluding tert-OH is 19. The SMILES string of the molecule is CCCCCCCCC=CCCCCCCCC(=O)NC(COC1OC(CO)C(OC2OC(CO)C(OC3OC(CO)C(O)C(OC4OC(CO)C(O)C(OC5(C(=O)O)CC(O)C(NC(C)=O)C(C(O)C(O)CO)O5)C4O)C3CC(C)=O)C(OC3(C(=O)O)CC(O)C(NC(C)=O)C(C(O)C(O)CO)O3)C2O)C(O)C1O)C(O)C=CCCCCCCCCCCCCC. The average Bonchev–Trinajstić information content (AvgIpc) is 0.752. The lowest BCUT2D eigenvalue weighted by Crippen LogP contribution is -2.71. The molecule has 6 fully saturated rings. The maximum absolute atomic E-state index is 14.1. The Morgan fingerprint density at radius 2 is 0.819 bits per heavy atom. The summed E-state index contributed by atoms with van der Waals surface area (Å²) in [4.78, 5) is 79.7. The third kappa shape index (κ3) is 32.5. The molecule has 34 atom stereocenters. The van der Waals surface area contributed by atoms with E-state index < -0.39 is 308 Å². The molecule has 0 spiro atoms. The number of allylic oxidation sites excluding steroid dienone is 3. The molecule has 6 aliphatic rings. The number of aliphatic hydroxyl groups is 19. The molecule has 6 rings (SSSR count). The molecule has 0 bridgehead atoms. The summed E-state index contributed by atoms with van der Waals surface area (Å²) in [6, 6.07) is -4.78. The summed E-state index contributed by atoms with van der Waals surface area (Å²) in [6.45, 7) is -0.661. The highest BCUT2D eigenvalue weighted by molar-refractivity contribution is 5.78. The maximum atomic E-state index is 14.1. The number of unbranched alkanes of at least 4 members (excludes halogenated alkanes) is 22. The summed E-state index contributed by atoms with van der Waals surface area (Å²) in [7, 11) is 0. The van der Waals surface area contributed by atoms with Crippen LogP contribution in [0.2, 0.25) is 0 Å². The fraction of sp³-hybridized carbons (Fsp3) is 0.882. The van der Waals surface area contributed by atoms with Crippen LogP contribution in [0.4, 0.5) is 0 Å². The van der Waals surface area contributed by atoms with Crippen molar-refractivity contribution in [2.75, 3.05) is 46.2 Å². The number of carbonyl (C=O) groups is 6. The van der Waals surface area contributed by atoms with Gasteiger partial charge in [-0.3, -0.25) is 14.4 Å². The fourth-order valence-electron chi connectivity index (χ4n) is 16.9. The average molecular weight is 1840 g/mol. The number of hydrogen-bond acceptors (Lipinski definition) is 37. The predicted octanol–water partition coefficient (Wildman–Crippen LogP) is -3.00. The zero-order valence-electron chi connectivity index (χ0n) is 73.5. The minimum absolute atomic E-state index is 0.0840. The van der Waals surface area contributed by atoms with Crippen LogP contribution in [0.1, 0.15) is 221 Å². The van der Waals surface area contributed by atoms with Crippen LogP contribution >= 0.6 is 0 Å². The van der Waals surface area contributed by atoms with E-state index in [1.165, 1.54) is 83.1 Å². The molecule has 6 aliphatic heterocycles. The smallest absolute Gasteiger partial charge is 0.364 e. The van der Waals surface area contributed by atoms with Gasteiger partial charge in [0.15, 0.2) is 25.2 Å². The van der Waals surface area contributed by atoms with Crippen LogP contribution in [-0.2, 0) is 85.6 Å². The highest BCUT2D eigenvalue weighted by Crippen LogP contribution is 2.44. The Morgan fingerprint density at radius 1 is 0.433 bits per heavy atom. The Labute approximate surface area is 740 Å². The van der Waals surface area contributed by atoms with Crippen LogP contribution in [0, 0.1) is 5.92 Å². The normalized spacial score (nSPS) is 35.2. The van der Waals surface area contributed by atoms with Gasteiger partial charge in [0.1, 0.15) is 128 Å². The number of rotatable bonds is 59. The molecule has 42 nitrogen and oxygen atoms in total. The molecule has 0 saturated carbocycles. The summed E-state index contributed by atoms with van der Waals surface area (Å²) in [5.41, 5.74) is 0. The molecule has 42 heteroatoms. The number of carboxylic acids is 2. The molecule has 6 saturated heterocycles. The van der Waals surface area contributed by atoms with Gasteiger partial charge in [-0.1, -0.05) is 154 Å². The molecule has 34 unspecified atom stereocenters. The van der Waals surface area contributed by atoms with Gasteiger partial charge in [0.2, 0.25) is 17.7 Å². The molecule has 0 radical (unpaired) electrons. The molecule has 736 valence electrons. The molecular formula is C85H147N3O39. The van der Waals surface area contributed by atoms with E-state index >= 15 is 0 Å². The molecule has 6 heterocycles. The molecule has 127 heavy (non-hydrogen) atoms. The van der Waals surface area contributed by atoms with E-state index in [1.807, 2.05) is 0 Å². The van der Waals surface area contributed by atoms with Crippen LogP contribution in [0.25, 0.3) is 0 Å². The minimum atomic E-state index is -3.49. The summed E-state index contributed by atoms with van der Waals surface area (Å²) in [6.07, 6.45) is -31.2. The largest absolute Gasteiger partial charge is 0.477 e. The number of carbonyl (C=O) groups excluding carboxylic acids is 4. The quantitative estimate of drug-likeness (QED) is 0.0213. The first-order valence-corrected chi connectivity index (χ1v) is 45.1. The monoisotopic (exact) mass is 1830 g/mol. The Morgan fingerprint density at radius 3 is 1.26 bits per heavy atom. The van der Waals surface area contributed by atoms with Gasteiger partial charge >= 0.3 is 11.9 Å². The van der Waals surface area contributed by atoms with Crippen LogP contribution in [-0.4, -0.2) is 390 Å². The van der Waals surface area contributed by atoms with E-state index in [-0.39, 0.29) is 6.42 Å². The van der Waals surface area contributed by atoms with E-state index in [0.29, 0.717) is 12.8 Å². The second-order valence-electron chi connectivity index (χ2n) is 34.2. The van der Waals surface area contributed by atoms with Crippen LogP contribution in [0.3, 0.4) is 0 Å². The second-order valence-corrected chi connectivity index (χ2v) is 34.2. The first-order chi connectivity index (χ1) is 60.6. The number of ketones is 1. The van der Waals surface area contributed by atoms with Crippen molar-refractivity contribution >= 4 is 35.4 Å². The van der Waals surface area contributed by atoms with Crippen molar-refractivity contribution < 1.29 is 193 Å². The standard InChI is InChI=1S/C85H147N3O39/c1-6-8-10-12-14-16-18-20-21-23-25-27-29-31-33-35-60(103)88-50(51(98)34-32-30-28-26-24-22-19-17-15-13-11-9-7-2)45-116-79-68(109)67(108)72(58(43-93)119-79)122-81-70(111)77(127-85(83(114)115)38-53(100)62(87-48(5)97)75(125-85)64(105)55(102)40-90)73(59(44-94)120-81)123-78-49(36-46(3)95)71(65(106)56(41-91)117-78)121-80-69(110)76(66(107)57(42-92)118-80)126-84(82(112)113)37-52(99)61(86-47(4)96)74(124-84)63(104)54(101)39-89/h20-21,32,34,49-59,61-81,89-94,98-102,104-111H,6-19,22-31,33,35-45H2,1-5H3,(H,86,96)(H,87,97)(H,88,103)(H,112,113)(H,114,115). The number of carboxylic acid groups (broad SMARTS) is 2. The van der Waals surface area contributed by atoms with Crippen molar-refractivity contribution in [2.45, 2.75) is 422 Å². The number of nitrogens with one attached hydrogen (secondary N) is 3. The Bertz CT molecular complexity index is 3250. The van der Waals surface area contributed by atoms with Gasteiger partial charge < -0.3 is 185 Å². The van der Waals surface area contributed by atoms with Gasteiger partial charge in [0.25, 0.3) is 11.6 Å². The lowest BCUT2D eigenvalue weighted by atomic mass is 9.86. The second kappa shape index (κ2) is 56.4. The highest BCUT2D eigenvalue weighted by atomic mass is 16.8. The zero-order valence-corrected chi connectivity index (χ0v) is 73.5. The van der Waals surface area contributed by atoms with E-state index in [0.717, 1.165) is 91.4 Å². The highest BCUT2D eigenvalue weighted by Gasteiger charge is 2.64. The van der Waals surface area contributed by atoms with Gasteiger partial charge in [-0.25, -0.2) is 9.59 Å². The number of amides is 3. The van der Waals surface area contributed by atoms with Gasteiger partial charge in [-0.05, 0) is 51.9 Å². The Kier molecular flexibility index (Phi) is 49.3. The third-order valence-electron chi connectivity index (χ3n) is 24.0. The van der Waals surface area contributed by atoms with E-state index in [2.05, 4.69) is 41.9 Å². The molecule has 0 aliphatic carbocycles.